The van der Waals surface area contributed by atoms with Crippen molar-refractivity contribution < 1.29 is 9.53 Å². The van der Waals surface area contributed by atoms with Crippen LogP contribution in [-0.2, 0) is 4.79 Å². The van der Waals surface area contributed by atoms with Gasteiger partial charge in [-0.25, -0.2) is 9.50 Å². The molecule has 7 heteroatoms. The minimum absolute atomic E-state index is 0.0153. The van der Waals surface area contributed by atoms with Crippen LogP contribution < -0.4 is 9.64 Å². The summed E-state index contributed by atoms with van der Waals surface area (Å²) in [6.45, 7) is 2.92. The second kappa shape index (κ2) is 6.80. The summed E-state index contributed by atoms with van der Waals surface area (Å²) < 4.78 is 7.31. The number of hydrogen-bond acceptors (Lipinski definition) is 5. The van der Waals surface area contributed by atoms with Gasteiger partial charge in [0.25, 0.3) is 5.91 Å². The van der Waals surface area contributed by atoms with Gasteiger partial charge in [0.1, 0.15) is 11.6 Å². The van der Waals surface area contributed by atoms with Crippen molar-refractivity contribution >= 4 is 17.4 Å². The molecule has 1 aliphatic heterocycles. The maximum Gasteiger partial charge on any atom is 0.260 e. The van der Waals surface area contributed by atoms with Gasteiger partial charge in [0, 0.05) is 38.6 Å². The molecule has 1 amide bonds. The van der Waals surface area contributed by atoms with Crippen LogP contribution in [0.3, 0.4) is 0 Å². The molecule has 1 aliphatic rings. The molecule has 4 rings (SSSR count). The first-order valence-electron chi connectivity index (χ1n) is 8.30. The van der Waals surface area contributed by atoms with Crippen LogP contribution in [0.4, 0.5) is 5.82 Å². The fraction of sp³-hybridized carbons (Fsp3) is 0.278. The van der Waals surface area contributed by atoms with E-state index in [1.165, 1.54) is 0 Å². The largest absolute Gasteiger partial charge is 0.484 e. The van der Waals surface area contributed by atoms with Crippen molar-refractivity contribution in [3.8, 4) is 5.75 Å². The summed E-state index contributed by atoms with van der Waals surface area (Å²) in [6, 6.07) is 13.3. The normalized spacial score (nSPS) is 14.7. The monoisotopic (exact) mass is 337 g/mol. The smallest absolute Gasteiger partial charge is 0.260 e. The Hall–Kier alpha value is -3.09. The molecule has 3 aromatic rings. The molecule has 0 N–H and O–H groups in total. The third-order valence-corrected chi connectivity index (χ3v) is 4.30. The van der Waals surface area contributed by atoms with E-state index in [9.17, 15) is 4.79 Å². The lowest BCUT2D eigenvalue weighted by molar-refractivity contribution is -0.133. The molecule has 3 heterocycles. The lowest BCUT2D eigenvalue weighted by Gasteiger charge is -2.35. The van der Waals surface area contributed by atoms with Crippen molar-refractivity contribution in [2.75, 3.05) is 37.7 Å². The molecule has 0 spiro atoms. The van der Waals surface area contributed by atoms with E-state index in [0.717, 1.165) is 24.6 Å². The molecule has 0 saturated carbocycles. The Labute approximate surface area is 145 Å². The van der Waals surface area contributed by atoms with E-state index in [1.807, 2.05) is 53.6 Å². The van der Waals surface area contributed by atoms with Crippen LogP contribution >= 0.6 is 0 Å². The Kier molecular flexibility index (Phi) is 4.20. The third kappa shape index (κ3) is 3.40. The molecular formula is C18H19N5O2. The molecule has 0 atom stereocenters. The van der Waals surface area contributed by atoms with Gasteiger partial charge in [0.15, 0.2) is 12.3 Å². The number of amides is 1. The standard InChI is InChI=1S/C18H19N5O2/c24-18(14-25-15-4-2-1-3-5-15)22-12-10-21(11-13-22)17-7-6-16-19-8-9-23(16)20-17/h1-9H,10-14H2. The van der Waals surface area contributed by atoms with E-state index in [-0.39, 0.29) is 12.5 Å². The quantitative estimate of drug-likeness (QED) is 0.721. The number of nitrogens with zero attached hydrogens (tertiary/aromatic N) is 5. The maximum absolute atomic E-state index is 12.3. The number of rotatable bonds is 4. The van der Waals surface area contributed by atoms with Crippen molar-refractivity contribution in [1.82, 2.24) is 19.5 Å². The second-order valence-corrected chi connectivity index (χ2v) is 5.89. The van der Waals surface area contributed by atoms with Crippen LogP contribution in [0.2, 0.25) is 0 Å². The van der Waals surface area contributed by atoms with Gasteiger partial charge >= 0.3 is 0 Å². The van der Waals surface area contributed by atoms with Gasteiger partial charge in [0.05, 0.1) is 0 Å². The highest BCUT2D eigenvalue weighted by Crippen LogP contribution is 2.15. The molecule has 0 unspecified atom stereocenters. The number of benzene rings is 1. The lowest BCUT2D eigenvalue weighted by atomic mass is 10.3. The zero-order valence-corrected chi connectivity index (χ0v) is 13.8. The van der Waals surface area contributed by atoms with Crippen molar-refractivity contribution in [3.63, 3.8) is 0 Å². The molecule has 0 bridgehead atoms. The molecule has 1 saturated heterocycles. The number of para-hydroxylation sites is 1. The van der Waals surface area contributed by atoms with E-state index in [1.54, 1.807) is 10.7 Å². The van der Waals surface area contributed by atoms with Crippen molar-refractivity contribution in [3.05, 3.63) is 54.9 Å². The van der Waals surface area contributed by atoms with Crippen LogP contribution in [0, 0.1) is 0 Å². The fourth-order valence-electron chi connectivity index (χ4n) is 2.91. The summed E-state index contributed by atoms with van der Waals surface area (Å²) in [5, 5.41) is 4.56. The Morgan fingerprint density at radius 3 is 2.64 bits per heavy atom. The minimum Gasteiger partial charge on any atom is -0.484 e. The van der Waals surface area contributed by atoms with Gasteiger partial charge in [-0.1, -0.05) is 18.2 Å². The Morgan fingerprint density at radius 2 is 1.84 bits per heavy atom. The number of piperazine rings is 1. The zero-order chi connectivity index (χ0) is 17.1. The number of aromatic nitrogens is 3. The SMILES string of the molecule is O=C(COc1ccccc1)N1CCN(c2ccc3nccn3n2)CC1. The average Bonchev–Trinajstić information content (AvgIpc) is 3.15. The van der Waals surface area contributed by atoms with Crippen LogP contribution in [0.5, 0.6) is 5.75 Å². The first kappa shape index (κ1) is 15.4. The summed E-state index contributed by atoms with van der Waals surface area (Å²) in [7, 11) is 0. The highest BCUT2D eigenvalue weighted by molar-refractivity contribution is 5.78. The molecule has 0 radical (unpaired) electrons. The first-order chi connectivity index (χ1) is 12.3. The lowest BCUT2D eigenvalue weighted by Crippen LogP contribution is -2.50. The van der Waals surface area contributed by atoms with Gasteiger partial charge in [-0.05, 0) is 24.3 Å². The average molecular weight is 337 g/mol. The van der Waals surface area contributed by atoms with Gasteiger partial charge in [-0.15, -0.1) is 5.10 Å². The summed E-state index contributed by atoms with van der Waals surface area (Å²) in [5.74, 6) is 1.63. The molecule has 0 aliphatic carbocycles. The number of carbonyl (C=O) groups is 1. The molecular weight excluding hydrogens is 318 g/mol. The molecule has 7 nitrogen and oxygen atoms in total. The van der Waals surface area contributed by atoms with Crippen LogP contribution in [-0.4, -0.2) is 58.2 Å². The molecule has 25 heavy (non-hydrogen) atoms. The number of carbonyl (C=O) groups excluding carboxylic acids is 1. The summed E-state index contributed by atoms with van der Waals surface area (Å²) in [6.07, 6.45) is 3.56. The van der Waals surface area contributed by atoms with Gasteiger partial charge in [0.2, 0.25) is 0 Å². The number of hydrogen-bond donors (Lipinski definition) is 0. The molecule has 128 valence electrons. The van der Waals surface area contributed by atoms with Crippen molar-refractivity contribution in [1.29, 1.82) is 0 Å². The van der Waals surface area contributed by atoms with E-state index in [0.29, 0.717) is 18.8 Å². The van der Waals surface area contributed by atoms with Crippen molar-refractivity contribution in [2.24, 2.45) is 0 Å². The third-order valence-electron chi connectivity index (χ3n) is 4.30. The maximum atomic E-state index is 12.3. The number of imidazole rings is 1. The van der Waals surface area contributed by atoms with E-state index < -0.39 is 0 Å². The number of anilines is 1. The van der Waals surface area contributed by atoms with E-state index in [2.05, 4.69) is 15.0 Å². The van der Waals surface area contributed by atoms with Crippen LogP contribution in [0.15, 0.2) is 54.9 Å². The summed E-state index contributed by atoms with van der Waals surface area (Å²) >= 11 is 0. The number of ether oxygens (including phenoxy) is 1. The first-order valence-corrected chi connectivity index (χ1v) is 8.30. The fourth-order valence-corrected chi connectivity index (χ4v) is 2.91. The Bertz CT molecular complexity index is 856. The molecule has 2 aromatic heterocycles. The van der Waals surface area contributed by atoms with Crippen LogP contribution in [0.25, 0.3) is 5.65 Å². The predicted octanol–water partition coefficient (Wildman–Crippen LogP) is 1.46. The minimum atomic E-state index is 0.0153. The number of fused-ring (bicyclic) bond motifs is 1. The van der Waals surface area contributed by atoms with Crippen molar-refractivity contribution in [2.45, 2.75) is 0 Å². The van der Waals surface area contributed by atoms with Crippen LogP contribution in [0.1, 0.15) is 0 Å². The Morgan fingerprint density at radius 1 is 1.04 bits per heavy atom. The summed E-state index contributed by atoms with van der Waals surface area (Å²) in [4.78, 5) is 20.5. The van der Waals surface area contributed by atoms with Gasteiger partial charge in [-0.2, -0.15) is 0 Å². The highest BCUT2D eigenvalue weighted by Gasteiger charge is 2.22. The van der Waals surface area contributed by atoms with Gasteiger partial charge < -0.3 is 14.5 Å². The predicted molar refractivity (Wildman–Crippen MR) is 93.7 cm³/mol. The van der Waals surface area contributed by atoms with E-state index >= 15 is 0 Å². The molecule has 1 aromatic carbocycles. The summed E-state index contributed by atoms with van der Waals surface area (Å²) in [5.41, 5.74) is 0.829. The topological polar surface area (TPSA) is 63.0 Å². The van der Waals surface area contributed by atoms with E-state index in [4.69, 9.17) is 4.74 Å². The Balaban J connectivity index is 1.32. The second-order valence-electron chi connectivity index (χ2n) is 5.89. The highest BCUT2D eigenvalue weighted by atomic mass is 16.5. The van der Waals surface area contributed by atoms with Gasteiger partial charge in [-0.3, -0.25) is 4.79 Å². The molecule has 1 fully saturated rings. The zero-order valence-electron chi connectivity index (χ0n) is 13.8.